The van der Waals surface area contributed by atoms with Crippen molar-refractivity contribution in [2.75, 3.05) is 39.3 Å². The molecule has 214 valence electrons. The van der Waals surface area contributed by atoms with Crippen molar-refractivity contribution in [1.82, 2.24) is 19.7 Å². The predicted molar refractivity (Wildman–Crippen MR) is 161 cm³/mol. The van der Waals surface area contributed by atoms with Crippen LogP contribution in [0, 0.1) is 5.92 Å². The monoisotopic (exact) mass is 570 g/mol. The zero-order chi connectivity index (χ0) is 28.2. The lowest BCUT2D eigenvalue weighted by Gasteiger charge is -2.39. The first-order valence-corrected chi connectivity index (χ1v) is 15.7. The molecular formula is C33H38N4O3S. The van der Waals surface area contributed by atoms with Crippen molar-refractivity contribution in [3.05, 3.63) is 94.0 Å². The van der Waals surface area contributed by atoms with Crippen LogP contribution >= 0.6 is 11.3 Å². The van der Waals surface area contributed by atoms with Crippen LogP contribution in [0.1, 0.15) is 63.9 Å². The fourth-order valence-electron chi connectivity index (χ4n) is 6.42. The molecule has 41 heavy (non-hydrogen) atoms. The normalized spacial score (nSPS) is 19.7. The molecule has 7 nitrogen and oxygen atoms in total. The molecule has 1 aliphatic carbocycles. The van der Waals surface area contributed by atoms with E-state index >= 15 is 0 Å². The minimum Gasteiger partial charge on any atom is -0.486 e. The van der Waals surface area contributed by atoms with Gasteiger partial charge in [0, 0.05) is 50.6 Å². The van der Waals surface area contributed by atoms with Crippen molar-refractivity contribution in [2.24, 2.45) is 5.92 Å². The first-order chi connectivity index (χ1) is 20.1. The van der Waals surface area contributed by atoms with Crippen molar-refractivity contribution in [3.63, 3.8) is 0 Å². The van der Waals surface area contributed by atoms with Gasteiger partial charge in [-0.15, -0.1) is 17.9 Å². The summed E-state index contributed by atoms with van der Waals surface area (Å²) < 4.78 is 6.22. The van der Waals surface area contributed by atoms with Crippen LogP contribution in [0.4, 0.5) is 0 Å². The number of aromatic nitrogens is 1. The van der Waals surface area contributed by atoms with Crippen LogP contribution in [-0.4, -0.2) is 70.8 Å². The van der Waals surface area contributed by atoms with Crippen LogP contribution in [0.2, 0.25) is 0 Å². The Morgan fingerprint density at radius 2 is 1.80 bits per heavy atom. The third-order valence-electron chi connectivity index (χ3n) is 8.63. The molecule has 0 spiro atoms. The maximum absolute atomic E-state index is 13.7. The number of fused-ring (bicyclic) bond motifs is 1. The van der Waals surface area contributed by atoms with Gasteiger partial charge in [-0.1, -0.05) is 55.3 Å². The van der Waals surface area contributed by atoms with Crippen molar-refractivity contribution < 1.29 is 14.3 Å². The Labute approximate surface area is 246 Å². The lowest BCUT2D eigenvalue weighted by Crippen LogP contribution is -2.48. The van der Waals surface area contributed by atoms with E-state index in [2.05, 4.69) is 45.6 Å². The zero-order valence-electron chi connectivity index (χ0n) is 23.5. The molecule has 1 saturated carbocycles. The van der Waals surface area contributed by atoms with E-state index in [1.807, 2.05) is 40.6 Å². The van der Waals surface area contributed by atoms with Gasteiger partial charge in [0.15, 0.2) is 0 Å². The summed E-state index contributed by atoms with van der Waals surface area (Å²) in [5.41, 5.74) is 4.01. The summed E-state index contributed by atoms with van der Waals surface area (Å²) in [4.78, 5) is 37.6. The van der Waals surface area contributed by atoms with E-state index in [1.165, 1.54) is 16.9 Å². The minimum atomic E-state index is -0.118. The van der Waals surface area contributed by atoms with Crippen molar-refractivity contribution in [1.29, 1.82) is 0 Å². The number of carbonyl (C=O) groups is 2. The van der Waals surface area contributed by atoms with Crippen LogP contribution in [0.3, 0.4) is 0 Å². The molecule has 2 fully saturated rings. The molecule has 2 aromatic carbocycles. The second kappa shape index (κ2) is 12.6. The van der Waals surface area contributed by atoms with Crippen LogP contribution in [0.5, 0.6) is 5.75 Å². The van der Waals surface area contributed by atoms with Gasteiger partial charge < -0.3 is 14.5 Å². The van der Waals surface area contributed by atoms with E-state index in [4.69, 9.17) is 4.74 Å². The molecule has 1 unspecified atom stereocenters. The summed E-state index contributed by atoms with van der Waals surface area (Å²) >= 11 is 1.45. The van der Waals surface area contributed by atoms with Crippen molar-refractivity contribution in [3.8, 4) is 5.75 Å². The van der Waals surface area contributed by atoms with Gasteiger partial charge in [-0.05, 0) is 48.1 Å². The molecule has 3 heterocycles. The number of amides is 2. The number of carbonyl (C=O) groups excluding carboxylic acids is 2. The first-order valence-electron chi connectivity index (χ1n) is 14.8. The summed E-state index contributed by atoms with van der Waals surface area (Å²) in [7, 11) is 0. The number of nitrogens with zero attached hydrogens (tertiary/aromatic N) is 4. The van der Waals surface area contributed by atoms with Gasteiger partial charge in [0.1, 0.15) is 23.1 Å². The summed E-state index contributed by atoms with van der Waals surface area (Å²) in [6, 6.07) is 16.5. The Kier molecular flexibility index (Phi) is 8.49. The Bertz CT molecular complexity index is 1380. The van der Waals surface area contributed by atoms with Crippen LogP contribution in [0.25, 0.3) is 0 Å². The third-order valence-corrected chi connectivity index (χ3v) is 9.45. The van der Waals surface area contributed by atoms with Gasteiger partial charge in [-0.25, -0.2) is 4.98 Å². The fraction of sp³-hybridized carbons (Fsp3) is 0.424. The lowest BCUT2D eigenvalue weighted by molar-refractivity contribution is -0.137. The second-order valence-electron chi connectivity index (χ2n) is 11.2. The summed E-state index contributed by atoms with van der Waals surface area (Å²) in [5.74, 6) is 1.16. The van der Waals surface area contributed by atoms with Gasteiger partial charge in [0.2, 0.25) is 5.91 Å². The first kappa shape index (κ1) is 27.7. The van der Waals surface area contributed by atoms with Crippen LogP contribution < -0.4 is 4.74 Å². The average molecular weight is 571 g/mol. The molecule has 8 heteroatoms. The molecule has 0 radical (unpaired) electrons. The van der Waals surface area contributed by atoms with Gasteiger partial charge >= 0.3 is 0 Å². The van der Waals surface area contributed by atoms with Gasteiger partial charge in [-0.3, -0.25) is 14.5 Å². The number of hydrogen-bond acceptors (Lipinski definition) is 6. The van der Waals surface area contributed by atoms with E-state index in [-0.39, 0.29) is 23.8 Å². The molecule has 2 aliphatic heterocycles. The molecule has 1 saturated heterocycles. The molecule has 3 aromatic rings. The number of benzene rings is 2. The number of piperazine rings is 1. The highest BCUT2D eigenvalue weighted by Gasteiger charge is 2.36. The maximum atomic E-state index is 13.7. The lowest BCUT2D eigenvalue weighted by atomic mass is 9.87. The van der Waals surface area contributed by atoms with Crippen molar-refractivity contribution >= 4 is 23.2 Å². The average Bonchev–Trinajstić information content (AvgIpc) is 3.73. The highest BCUT2D eigenvalue weighted by atomic mass is 32.1. The van der Waals surface area contributed by atoms with Gasteiger partial charge in [0.25, 0.3) is 5.91 Å². The summed E-state index contributed by atoms with van der Waals surface area (Å²) in [5, 5.41) is 2.61. The Morgan fingerprint density at radius 3 is 2.56 bits per heavy atom. The second-order valence-corrected chi connectivity index (χ2v) is 12.2. The topological polar surface area (TPSA) is 66.0 Å². The third kappa shape index (κ3) is 6.09. The standard InChI is InChI=1S/C33H38N4O3S/c1-2-15-35-17-19-36(20-18-35)33(39)29-23-41-30(34-29)22-40-27-13-12-24-14-16-37(32(38)26-10-6-7-11-26)31(28(24)21-27)25-8-4-3-5-9-25/h2-5,8-9,12-13,21,23,26,31H,1,6-7,10-11,14-20,22H2. The largest absolute Gasteiger partial charge is 0.486 e. The highest BCUT2D eigenvalue weighted by molar-refractivity contribution is 7.09. The quantitative estimate of drug-likeness (QED) is 0.343. The smallest absolute Gasteiger partial charge is 0.273 e. The van der Waals surface area contributed by atoms with Crippen LogP contribution in [0.15, 0.2) is 66.6 Å². The zero-order valence-corrected chi connectivity index (χ0v) is 24.4. The summed E-state index contributed by atoms with van der Waals surface area (Å²) in [6.45, 7) is 8.80. The van der Waals surface area contributed by atoms with E-state index in [1.54, 1.807) is 0 Å². The highest BCUT2D eigenvalue weighted by Crippen LogP contribution is 2.39. The van der Waals surface area contributed by atoms with E-state index < -0.39 is 0 Å². The van der Waals surface area contributed by atoms with E-state index in [0.717, 1.165) is 80.2 Å². The molecule has 2 amide bonds. The Balaban J connectivity index is 1.16. The summed E-state index contributed by atoms with van der Waals surface area (Å²) in [6.07, 6.45) is 7.03. The van der Waals surface area contributed by atoms with E-state index in [0.29, 0.717) is 25.4 Å². The molecule has 3 aliphatic rings. The molecule has 1 atom stereocenters. The van der Waals surface area contributed by atoms with Crippen LogP contribution in [-0.2, 0) is 17.8 Å². The fourth-order valence-corrected chi connectivity index (χ4v) is 7.10. The molecule has 6 rings (SSSR count). The number of rotatable bonds is 8. The molecule has 0 N–H and O–H groups in total. The van der Waals surface area contributed by atoms with E-state index in [9.17, 15) is 9.59 Å². The SMILES string of the molecule is C=CCN1CCN(C(=O)c2csc(COc3ccc4c(c3)C(c3ccccc3)N(C(=O)C3CCCC3)CC4)n2)CC1. The number of ether oxygens (including phenoxy) is 1. The number of thiazole rings is 1. The predicted octanol–water partition coefficient (Wildman–Crippen LogP) is 5.33. The van der Waals surface area contributed by atoms with Gasteiger partial charge in [0.05, 0.1) is 6.04 Å². The minimum absolute atomic E-state index is 0.0164. The van der Waals surface area contributed by atoms with Gasteiger partial charge in [-0.2, -0.15) is 0 Å². The number of hydrogen-bond donors (Lipinski definition) is 0. The Morgan fingerprint density at radius 1 is 1.02 bits per heavy atom. The molecule has 0 bridgehead atoms. The molecule has 1 aromatic heterocycles. The van der Waals surface area contributed by atoms with Crippen molar-refractivity contribution in [2.45, 2.75) is 44.8 Å². The molecular weight excluding hydrogens is 532 g/mol. The maximum Gasteiger partial charge on any atom is 0.273 e. The Hall–Kier alpha value is -3.49.